The number of benzene rings is 1. The molecule has 108 valence electrons. The van der Waals surface area contributed by atoms with Crippen molar-refractivity contribution in [2.75, 3.05) is 19.6 Å². The van der Waals surface area contributed by atoms with Crippen LogP contribution in [0.25, 0.3) is 11.0 Å². The van der Waals surface area contributed by atoms with Gasteiger partial charge in [0.05, 0.1) is 11.0 Å². The molecule has 1 aliphatic rings. The number of aryl methyl sites for hydroxylation is 1. The predicted molar refractivity (Wildman–Crippen MR) is 86.7 cm³/mol. The van der Waals surface area contributed by atoms with Gasteiger partial charge in [0.2, 0.25) is 0 Å². The molecule has 0 unspecified atom stereocenters. The van der Waals surface area contributed by atoms with Gasteiger partial charge in [-0.3, -0.25) is 0 Å². The maximum absolute atomic E-state index is 5.51. The van der Waals surface area contributed by atoms with E-state index >= 15 is 0 Å². The summed E-state index contributed by atoms with van der Waals surface area (Å²) in [7, 11) is 0. The van der Waals surface area contributed by atoms with E-state index in [1.165, 1.54) is 43.6 Å². The zero-order chi connectivity index (χ0) is 14.1. The molecule has 0 amide bonds. The minimum absolute atomic E-state index is 0.754. The van der Waals surface area contributed by atoms with Crippen LogP contribution in [0.1, 0.15) is 25.3 Å². The molecule has 20 heavy (non-hydrogen) atoms. The molecule has 3 nitrogen and oxygen atoms in total. The fourth-order valence-electron chi connectivity index (χ4n) is 3.19. The summed E-state index contributed by atoms with van der Waals surface area (Å²) >= 11 is 5.51. The van der Waals surface area contributed by atoms with Crippen LogP contribution in [-0.2, 0) is 6.54 Å². The first-order valence-corrected chi connectivity index (χ1v) is 7.99. The number of fused-ring (bicyclic) bond motifs is 1. The van der Waals surface area contributed by atoms with Crippen molar-refractivity contribution in [1.82, 2.24) is 14.5 Å². The van der Waals surface area contributed by atoms with Crippen LogP contribution < -0.4 is 0 Å². The number of likely N-dealkylation sites (tertiary alicyclic amines) is 1. The van der Waals surface area contributed by atoms with Gasteiger partial charge in [-0.05, 0) is 75.2 Å². The van der Waals surface area contributed by atoms with Crippen LogP contribution in [0.3, 0.4) is 0 Å². The first kappa shape index (κ1) is 13.8. The highest BCUT2D eigenvalue weighted by Crippen LogP contribution is 2.23. The lowest BCUT2D eigenvalue weighted by Crippen LogP contribution is -2.34. The number of H-pyrrole nitrogens is 1. The summed E-state index contributed by atoms with van der Waals surface area (Å²) in [5, 5.41) is 0. The SMILES string of the molecule is CCN1CCC(Cn2c(=S)[nH]c3ccc(C)cc32)CC1. The Morgan fingerprint density at radius 2 is 2.05 bits per heavy atom. The van der Waals surface area contributed by atoms with Crippen molar-refractivity contribution < 1.29 is 0 Å². The third-order valence-corrected chi connectivity index (χ3v) is 4.85. The summed E-state index contributed by atoms with van der Waals surface area (Å²) in [6.45, 7) is 9.09. The molecule has 1 aromatic heterocycles. The zero-order valence-electron chi connectivity index (χ0n) is 12.4. The molecule has 1 fully saturated rings. The minimum atomic E-state index is 0.754. The highest BCUT2D eigenvalue weighted by Gasteiger charge is 2.19. The summed E-state index contributed by atoms with van der Waals surface area (Å²) in [5.74, 6) is 0.754. The predicted octanol–water partition coefficient (Wildman–Crippen LogP) is 3.74. The summed E-state index contributed by atoms with van der Waals surface area (Å²) in [5.41, 5.74) is 3.71. The molecule has 0 saturated carbocycles. The number of nitrogens with one attached hydrogen (secondary N) is 1. The largest absolute Gasteiger partial charge is 0.331 e. The second-order valence-electron chi connectivity index (χ2n) is 5.94. The number of aromatic amines is 1. The molecule has 1 saturated heterocycles. The van der Waals surface area contributed by atoms with Gasteiger partial charge in [-0.2, -0.15) is 0 Å². The van der Waals surface area contributed by atoms with Crippen LogP contribution in [0, 0.1) is 17.6 Å². The molecule has 1 aromatic carbocycles. The molecule has 0 atom stereocenters. The lowest BCUT2D eigenvalue weighted by molar-refractivity contribution is 0.181. The number of nitrogens with zero attached hydrogens (tertiary/aromatic N) is 2. The lowest BCUT2D eigenvalue weighted by atomic mass is 9.96. The van der Waals surface area contributed by atoms with E-state index in [-0.39, 0.29) is 0 Å². The number of aromatic nitrogens is 2. The Balaban J connectivity index is 1.82. The number of rotatable bonds is 3. The number of piperidine rings is 1. The van der Waals surface area contributed by atoms with Gasteiger partial charge in [0, 0.05) is 6.54 Å². The van der Waals surface area contributed by atoms with Crippen LogP contribution >= 0.6 is 12.2 Å². The average molecular weight is 289 g/mol. The van der Waals surface area contributed by atoms with Crippen LogP contribution in [0.2, 0.25) is 0 Å². The molecule has 1 N–H and O–H groups in total. The molecule has 0 spiro atoms. The molecule has 2 heterocycles. The fraction of sp³-hybridized carbons (Fsp3) is 0.562. The second kappa shape index (κ2) is 5.70. The zero-order valence-corrected chi connectivity index (χ0v) is 13.2. The summed E-state index contributed by atoms with van der Waals surface area (Å²) in [4.78, 5) is 5.87. The van der Waals surface area contributed by atoms with Gasteiger partial charge in [-0.1, -0.05) is 13.0 Å². The Morgan fingerprint density at radius 3 is 2.75 bits per heavy atom. The monoisotopic (exact) mass is 289 g/mol. The van der Waals surface area contributed by atoms with Crippen molar-refractivity contribution >= 4 is 23.3 Å². The van der Waals surface area contributed by atoms with E-state index in [9.17, 15) is 0 Å². The van der Waals surface area contributed by atoms with Crippen molar-refractivity contribution in [3.63, 3.8) is 0 Å². The fourth-order valence-corrected chi connectivity index (χ4v) is 3.47. The van der Waals surface area contributed by atoms with Gasteiger partial charge < -0.3 is 14.5 Å². The highest BCUT2D eigenvalue weighted by molar-refractivity contribution is 7.71. The smallest absolute Gasteiger partial charge is 0.178 e. The van der Waals surface area contributed by atoms with E-state index in [1.54, 1.807) is 0 Å². The third-order valence-electron chi connectivity index (χ3n) is 4.53. The molecular formula is C16H23N3S. The maximum atomic E-state index is 5.51. The molecule has 2 aromatic rings. The highest BCUT2D eigenvalue weighted by atomic mass is 32.1. The summed E-state index contributed by atoms with van der Waals surface area (Å²) in [6, 6.07) is 6.51. The Labute approximate surface area is 125 Å². The topological polar surface area (TPSA) is 24.0 Å². The van der Waals surface area contributed by atoms with Crippen LogP contribution in [0.5, 0.6) is 0 Å². The lowest BCUT2D eigenvalue weighted by Gasteiger charge is -2.31. The molecular weight excluding hydrogens is 266 g/mol. The first-order valence-electron chi connectivity index (χ1n) is 7.59. The number of hydrogen-bond donors (Lipinski definition) is 1. The van der Waals surface area contributed by atoms with E-state index in [4.69, 9.17) is 12.2 Å². The molecule has 0 aliphatic carbocycles. The first-order chi connectivity index (χ1) is 9.67. The van der Waals surface area contributed by atoms with Gasteiger partial charge in [0.15, 0.2) is 4.77 Å². The van der Waals surface area contributed by atoms with Crippen molar-refractivity contribution in [1.29, 1.82) is 0 Å². The number of imidazole rings is 1. The normalized spacial score (nSPS) is 17.9. The second-order valence-corrected chi connectivity index (χ2v) is 6.33. The van der Waals surface area contributed by atoms with E-state index in [1.807, 2.05) is 0 Å². The Hall–Kier alpha value is -1.13. The Kier molecular flexibility index (Phi) is 3.94. The van der Waals surface area contributed by atoms with Crippen molar-refractivity contribution in [2.24, 2.45) is 5.92 Å². The van der Waals surface area contributed by atoms with E-state index in [0.717, 1.165) is 22.8 Å². The van der Waals surface area contributed by atoms with Gasteiger partial charge >= 0.3 is 0 Å². The standard InChI is InChI=1S/C16H23N3S/c1-3-18-8-6-13(7-9-18)11-19-15-10-12(2)4-5-14(15)17-16(19)20/h4-5,10,13H,3,6-9,11H2,1-2H3,(H,17,20). The summed E-state index contributed by atoms with van der Waals surface area (Å²) < 4.78 is 3.16. The van der Waals surface area contributed by atoms with Crippen LogP contribution in [0.4, 0.5) is 0 Å². The van der Waals surface area contributed by atoms with Crippen molar-refractivity contribution in [2.45, 2.75) is 33.2 Å². The van der Waals surface area contributed by atoms with E-state index in [0.29, 0.717) is 0 Å². The Bertz CT molecular complexity index is 647. The van der Waals surface area contributed by atoms with Gasteiger partial charge in [0.25, 0.3) is 0 Å². The van der Waals surface area contributed by atoms with Crippen molar-refractivity contribution in [3.05, 3.63) is 28.5 Å². The Morgan fingerprint density at radius 1 is 1.30 bits per heavy atom. The molecule has 0 bridgehead atoms. The molecule has 4 heteroatoms. The molecule has 3 rings (SSSR count). The quantitative estimate of drug-likeness (QED) is 0.870. The van der Waals surface area contributed by atoms with Gasteiger partial charge in [0.1, 0.15) is 0 Å². The van der Waals surface area contributed by atoms with Crippen molar-refractivity contribution in [3.8, 4) is 0 Å². The maximum Gasteiger partial charge on any atom is 0.178 e. The third kappa shape index (κ3) is 2.67. The van der Waals surface area contributed by atoms with E-state index in [2.05, 4.69) is 46.5 Å². The van der Waals surface area contributed by atoms with Gasteiger partial charge in [-0.15, -0.1) is 0 Å². The van der Waals surface area contributed by atoms with Crippen LogP contribution in [0.15, 0.2) is 18.2 Å². The molecule has 0 radical (unpaired) electrons. The average Bonchev–Trinajstić information content (AvgIpc) is 2.76. The van der Waals surface area contributed by atoms with E-state index < -0.39 is 0 Å². The van der Waals surface area contributed by atoms with Gasteiger partial charge in [-0.25, -0.2) is 0 Å². The van der Waals surface area contributed by atoms with Crippen LogP contribution in [-0.4, -0.2) is 34.1 Å². The summed E-state index contributed by atoms with van der Waals surface area (Å²) in [6.07, 6.45) is 2.57. The number of hydrogen-bond acceptors (Lipinski definition) is 2. The molecule has 1 aliphatic heterocycles. The minimum Gasteiger partial charge on any atom is -0.331 e.